The first-order chi connectivity index (χ1) is 17.0. The molecule has 0 amide bonds. The minimum absolute atomic E-state index is 0.868. The SMILES string of the molecule is CC(=C1C=CC(=[N+](C)C)C=C1)C(C)=C1C=C(c2ccccc2)C=C(c2ccccc2)O1.F[B-](F)(F)F. The van der Waals surface area contributed by atoms with Gasteiger partial charge in [0.2, 0.25) is 0 Å². The van der Waals surface area contributed by atoms with Crippen LogP contribution >= 0.6 is 0 Å². The zero-order chi connectivity index (χ0) is 26.3. The fourth-order valence-electron chi connectivity index (χ4n) is 3.64. The van der Waals surface area contributed by atoms with Gasteiger partial charge in [0.1, 0.15) is 25.6 Å². The van der Waals surface area contributed by atoms with Crippen LogP contribution in [-0.2, 0) is 4.74 Å². The van der Waals surface area contributed by atoms with Crippen LogP contribution in [0.15, 0.2) is 120 Å². The number of nitrogens with zero attached hydrogens (tertiary/aromatic N) is 1. The van der Waals surface area contributed by atoms with Crippen molar-refractivity contribution in [3.05, 3.63) is 131 Å². The van der Waals surface area contributed by atoms with Crippen molar-refractivity contribution < 1.29 is 26.6 Å². The molecule has 186 valence electrons. The zero-order valence-corrected chi connectivity index (χ0v) is 20.7. The van der Waals surface area contributed by atoms with Gasteiger partial charge in [-0.3, -0.25) is 0 Å². The van der Waals surface area contributed by atoms with E-state index in [1.54, 1.807) is 0 Å². The van der Waals surface area contributed by atoms with Crippen LogP contribution < -0.4 is 0 Å². The number of hydrogen-bond acceptors (Lipinski definition) is 1. The molecule has 1 aliphatic carbocycles. The molecule has 0 unspecified atom stereocenters. The summed E-state index contributed by atoms with van der Waals surface area (Å²) in [5, 5.41) is 0. The van der Waals surface area contributed by atoms with Crippen molar-refractivity contribution >= 4 is 24.3 Å². The summed E-state index contributed by atoms with van der Waals surface area (Å²) in [7, 11) is -1.88. The van der Waals surface area contributed by atoms with Crippen LogP contribution in [0.4, 0.5) is 17.3 Å². The lowest BCUT2D eigenvalue weighted by molar-refractivity contribution is -0.462. The van der Waals surface area contributed by atoms with Gasteiger partial charge in [-0.25, -0.2) is 4.58 Å². The molecule has 2 aromatic carbocycles. The van der Waals surface area contributed by atoms with Crippen LogP contribution in [0.25, 0.3) is 11.3 Å². The van der Waals surface area contributed by atoms with E-state index in [0.29, 0.717) is 0 Å². The maximum atomic E-state index is 9.75. The van der Waals surface area contributed by atoms with Crippen molar-refractivity contribution in [3.8, 4) is 0 Å². The lowest BCUT2D eigenvalue weighted by atomic mass is 9.95. The Hall–Kier alpha value is -3.87. The number of halogens is 4. The van der Waals surface area contributed by atoms with Gasteiger partial charge in [0, 0.05) is 17.7 Å². The van der Waals surface area contributed by atoms with Crippen LogP contribution in [0, 0.1) is 0 Å². The van der Waals surface area contributed by atoms with Gasteiger partial charge >= 0.3 is 7.25 Å². The number of allylic oxidation sites excluding steroid dienone is 10. The van der Waals surface area contributed by atoms with E-state index in [1.165, 1.54) is 22.4 Å². The van der Waals surface area contributed by atoms with Crippen LogP contribution in [0.1, 0.15) is 25.0 Å². The lowest BCUT2D eigenvalue weighted by Gasteiger charge is -2.21. The quantitative estimate of drug-likeness (QED) is 0.241. The molecular weight excluding hydrogens is 465 g/mol. The average molecular weight is 493 g/mol. The summed E-state index contributed by atoms with van der Waals surface area (Å²) < 4.78 is 47.5. The van der Waals surface area contributed by atoms with E-state index in [2.05, 4.69) is 105 Å². The molecule has 1 heterocycles. The summed E-state index contributed by atoms with van der Waals surface area (Å²) in [6, 6.07) is 20.7. The van der Waals surface area contributed by atoms with Gasteiger partial charge in [-0.1, -0.05) is 60.7 Å². The molecule has 0 atom stereocenters. The molecule has 2 nitrogen and oxygen atoms in total. The van der Waals surface area contributed by atoms with Gasteiger partial charge in [-0.2, -0.15) is 0 Å². The van der Waals surface area contributed by atoms with Gasteiger partial charge in [-0.05, 0) is 66.0 Å². The first-order valence-electron chi connectivity index (χ1n) is 11.4. The van der Waals surface area contributed by atoms with E-state index in [4.69, 9.17) is 4.74 Å². The van der Waals surface area contributed by atoms with E-state index in [-0.39, 0.29) is 0 Å². The van der Waals surface area contributed by atoms with Gasteiger partial charge in [0.05, 0.1) is 0 Å². The first-order valence-corrected chi connectivity index (χ1v) is 11.4. The summed E-state index contributed by atoms with van der Waals surface area (Å²) in [6.07, 6.45) is 12.9. The van der Waals surface area contributed by atoms with Crippen molar-refractivity contribution in [1.82, 2.24) is 0 Å². The van der Waals surface area contributed by atoms with Gasteiger partial charge in [-0.15, -0.1) is 0 Å². The summed E-state index contributed by atoms with van der Waals surface area (Å²) in [5.41, 5.74) is 8.13. The third kappa shape index (κ3) is 7.57. The Bertz CT molecular complexity index is 1280. The number of benzene rings is 2. The second-order valence-corrected chi connectivity index (χ2v) is 8.49. The molecule has 0 N–H and O–H groups in total. The van der Waals surface area contributed by atoms with Gasteiger partial charge in [0.25, 0.3) is 0 Å². The Balaban J connectivity index is 0.000000658. The van der Waals surface area contributed by atoms with Crippen LogP contribution in [0.2, 0.25) is 0 Å². The van der Waals surface area contributed by atoms with Gasteiger partial charge < -0.3 is 22.0 Å². The highest BCUT2D eigenvalue weighted by Crippen LogP contribution is 2.34. The predicted octanol–water partition coefficient (Wildman–Crippen LogP) is 7.87. The van der Waals surface area contributed by atoms with Crippen molar-refractivity contribution in [2.45, 2.75) is 13.8 Å². The van der Waals surface area contributed by atoms with Crippen molar-refractivity contribution in [3.63, 3.8) is 0 Å². The predicted molar refractivity (Wildman–Crippen MR) is 141 cm³/mol. The molecule has 2 aromatic rings. The zero-order valence-electron chi connectivity index (χ0n) is 20.7. The highest BCUT2D eigenvalue weighted by Gasteiger charge is 2.20. The Labute approximate surface area is 209 Å². The molecule has 0 radical (unpaired) electrons. The highest BCUT2D eigenvalue weighted by molar-refractivity contribution is 6.50. The largest absolute Gasteiger partial charge is 0.673 e. The third-order valence-electron chi connectivity index (χ3n) is 5.71. The second-order valence-electron chi connectivity index (χ2n) is 8.49. The number of hydrogen-bond donors (Lipinski definition) is 0. The van der Waals surface area contributed by atoms with Crippen molar-refractivity contribution in [1.29, 1.82) is 0 Å². The topological polar surface area (TPSA) is 12.2 Å². The minimum Gasteiger partial charge on any atom is -0.456 e. The lowest BCUT2D eigenvalue weighted by Crippen LogP contribution is -2.10. The Morgan fingerprint density at radius 2 is 1.19 bits per heavy atom. The smallest absolute Gasteiger partial charge is 0.456 e. The standard InChI is InChI=1S/C29H28NO.BF4/c1-21(23-15-17-27(18-16-23)30(3)4)22(2)28-19-26(24-11-7-5-8-12-24)20-29(31-28)25-13-9-6-10-14-25;2-1(3,4)5/h5-20H,1-4H3;/q+1;-1. The Kier molecular flexibility index (Phi) is 8.70. The monoisotopic (exact) mass is 493 g/mol. The van der Waals surface area contributed by atoms with Crippen LogP contribution in [-0.4, -0.2) is 31.6 Å². The molecule has 2 aliphatic rings. The molecule has 1 aliphatic heterocycles. The fraction of sp³-hybridized carbons (Fsp3) is 0.138. The fourth-order valence-corrected chi connectivity index (χ4v) is 3.64. The van der Waals surface area contributed by atoms with Crippen LogP contribution in [0.5, 0.6) is 0 Å². The van der Waals surface area contributed by atoms with Crippen LogP contribution in [0.3, 0.4) is 0 Å². The first kappa shape index (κ1) is 26.7. The third-order valence-corrected chi connectivity index (χ3v) is 5.71. The normalized spacial score (nSPS) is 16.3. The molecule has 0 spiro atoms. The minimum atomic E-state index is -6.00. The molecule has 7 heteroatoms. The molecule has 0 saturated carbocycles. The Morgan fingerprint density at radius 1 is 0.694 bits per heavy atom. The van der Waals surface area contributed by atoms with E-state index in [1.807, 2.05) is 24.3 Å². The second kappa shape index (κ2) is 11.7. The van der Waals surface area contributed by atoms with E-state index in [9.17, 15) is 17.3 Å². The Morgan fingerprint density at radius 3 is 1.69 bits per heavy atom. The summed E-state index contributed by atoms with van der Waals surface area (Å²) in [5.74, 6) is 1.75. The average Bonchev–Trinajstić information content (AvgIpc) is 2.87. The summed E-state index contributed by atoms with van der Waals surface area (Å²) in [4.78, 5) is 0. The number of ether oxygens (including phenoxy) is 1. The van der Waals surface area contributed by atoms with E-state index in [0.717, 1.165) is 28.2 Å². The van der Waals surface area contributed by atoms with E-state index < -0.39 is 7.25 Å². The maximum Gasteiger partial charge on any atom is 0.673 e. The van der Waals surface area contributed by atoms with Gasteiger partial charge in [0.15, 0.2) is 5.71 Å². The molecule has 4 rings (SSSR count). The maximum absolute atomic E-state index is 9.75. The molecule has 0 saturated heterocycles. The highest BCUT2D eigenvalue weighted by atomic mass is 19.5. The molecule has 36 heavy (non-hydrogen) atoms. The van der Waals surface area contributed by atoms with Crippen molar-refractivity contribution in [2.24, 2.45) is 0 Å². The molecule has 0 bridgehead atoms. The molecule has 0 aromatic heterocycles. The number of rotatable bonds is 3. The molecule has 0 fully saturated rings. The summed E-state index contributed by atoms with van der Waals surface area (Å²) in [6.45, 7) is 4.30. The summed E-state index contributed by atoms with van der Waals surface area (Å²) >= 11 is 0. The molecular formula is C29H28BF4NO. The van der Waals surface area contributed by atoms with E-state index >= 15 is 0 Å². The van der Waals surface area contributed by atoms with Crippen molar-refractivity contribution in [2.75, 3.05) is 14.1 Å².